The maximum Gasteiger partial charge on any atom is 0.416 e. The molecule has 1 saturated heterocycles. The number of ether oxygens (including phenoxy) is 3. The second-order valence-electron chi connectivity index (χ2n) is 9.99. The number of carbonyl (C=O) groups excluding carboxylic acids is 2. The fraction of sp³-hybridized carbons (Fsp3) is 0.433. The number of likely N-dealkylation sites (tertiary alicyclic amines) is 1. The molecule has 12 heteroatoms. The number of halogens is 3. The number of amides is 1. The van der Waals surface area contributed by atoms with Crippen molar-refractivity contribution in [3.05, 3.63) is 77.0 Å². The van der Waals surface area contributed by atoms with Crippen molar-refractivity contribution in [2.45, 2.75) is 45.6 Å². The Kier molecular flexibility index (Phi) is 10.1. The molecule has 0 aliphatic carbocycles. The van der Waals surface area contributed by atoms with E-state index in [4.69, 9.17) is 18.6 Å². The van der Waals surface area contributed by atoms with Crippen molar-refractivity contribution < 1.29 is 41.4 Å². The van der Waals surface area contributed by atoms with Gasteiger partial charge in [-0.15, -0.1) is 0 Å². The van der Waals surface area contributed by atoms with Gasteiger partial charge in [-0.25, -0.2) is 4.98 Å². The van der Waals surface area contributed by atoms with E-state index in [1.165, 1.54) is 26.5 Å². The zero-order valence-corrected chi connectivity index (χ0v) is 23.8. The Morgan fingerprint density at radius 2 is 1.90 bits per heavy atom. The number of aromatic nitrogens is 1. The summed E-state index contributed by atoms with van der Waals surface area (Å²) >= 11 is 0. The lowest BCUT2D eigenvalue weighted by atomic mass is 9.98. The molecule has 226 valence electrons. The summed E-state index contributed by atoms with van der Waals surface area (Å²) in [5, 5.41) is 0. The lowest BCUT2D eigenvalue weighted by Crippen LogP contribution is -2.43. The van der Waals surface area contributed by atoms with E-state index >= 15 is 0 Å². The van der Waals surface area contributed by atoms with E-state index in [1.807, 2.05) is 11.0 Å². The van der Waals surface area contributed by atoms with Gasteiger partial charge in [-0.1, -0.05) is 24.3 Å². The van der Waals surface area contributed by atoms with Crippen LogP contribution in [0.15, 0.2) is 53.1 Å². The third-order valence-electron chi connectivity index (χ3n) is 7.01. The lowest BCUT2D eigenvalue weighted by Gasteiger charge is -2.30. The average Bonchev–Trinajstić information content (AvgIpc) is 3.45. The Morgan fingerprint density at radius 3 is 2.62 bits per heavy atom. The van der Waals surface area contributed by atoms with Gasteiger partial charge in [0.25, 0.3) is 5.91 Å². The van der Waals surface area contributed by atoms with Crippen molar-refractivity contribution in [2.75, 3.05) is 33.9 Å². The van der Waals surface area contributed by atoms with E-state index in [9.17, 15) is 22.8 Å². The molecular weight excluding hydrogens is 555 g/mol. The van der Waals surface area contributed by atoms with Crippen molar-refractivity contribution >= 4 is 11.9 Å². The van der Waals surface area contributed by atoms with Gasteiger partial charge in [-0.3, -0.25) is 14.5 Å². The van der Waals surface area contributed by atoms with Crippen molar-refractivity contribution in [1.29, 1.82) is 0 Å². The third kappa shape index (κ3) is 7.81. The minimum absolute atomic E-state index is 0.0931. The van der Waals surface area contributed by atoms with E-state index in [2.05, 4.69) is 4.98 Å². The highest BCUT2D eigenvalue weighted by Crippen LogP contribution is 2.31. The van der Waals surface area contributed by atoms with Gasteiger partial charge in [-0.2, -0.15) is 13.2 Å². The largest absolute Gasteiger partial charge is 0.497 e. The summed E-state index contributed by atoms with van der Waals surface area (Å²) in [5.41, 5.74) is 0.564. The van der Waals surface area contributed by atoms with Gasteiger partial charge in [-0.05, 0) is 37.5 Å². The second-order valence-corrected chi connectivity index (χ2v) is 9.99. The number of methoxy groups -OCH3 is 2. The predicted molar refractivity (Wildman–Crippen MR) is 146 cm³/mol. The van der Waals surface area contributed by atoms with Crippen LogP contribution < -0.4 is 9.47 Å². The van der Waals surface area contributed by atoms with Crippen molar-refractivity contribution in [2.24, 2.45) is 5.92 Å². The number of rotatable bonds is 11. The van der Waals surface area contributed by atoms with Gasteiger partial charge in [0.1, 0.15) is 17.8 Å². The summed E-state index contributed by atoms with van der Waals surface area (Å²) in [7, 11) is 3.06. The van der Waals surface area contributed by atoms with Crippen molar-refractivity contribution in [3.63, 3.8) is 0 Å². The first-order valence-corrected chi connectivity index (χ1v) is 13.6. The first-order chi connectivity index (χ1) is 20.1. The minimum atomic E-state index is -4.47. The molecule has 1 fully saturated rings. The Bertz CT molecular complexity index is 1380. The van der Waals surface area contributed by atoms with E-state index in [0.717, 1.165) is 17.7 Å². The van der Waals surface area contributed by atoms with Crippen LogP contribution in [-0.4, -0.2) is 60.6 Å². The summed E-state index contributed by atoms with van der Waals surface area (Å²) in [6.07, 6.45) is -1.90. The number of hydrogen-bond donors (Lipinski definition) is 0. The molecule has 9 nitrogen and oxygen atoms in total. The van der Waals surface area contributed by atoms with Gasteiger partial charge < -0.3 is 23.5 Å². The standard InChI is InChI=1S/C30H34F3N3O6/c1-4-41-29(38)22-8-6-12-36(17-22)28(37)25-19-42-27(34-25)18-35(15-20-7-5-9-23(13-20)30(31,32)33)16-21-10-11-24(39-2)14-26(21)40-3/h5,7,9-11,13-14,19,22H,4,6,8,12,15-18H2,1-3H3/t22-/m1/s1. The first-order valence-electron chi connectivity index (χ1n) is 13.6. The molecule has 0 spiro atoms. The molecular formula is C30H34F3N3O6. The van der Waals surface area contributed by atoms with Crippen LogP contribution in [0.1, 0.15) is 52.8 Å². The van der Waals surface area contributed by atoms with E-state index in [1.54, 1.807) is 30.0 Å². The van der Waals surface area contributed by atoms with E-state index in [-0.39, 0.29) is 56.2 Å². The molecule has 1 atom stereocenters. The maximum atomic E-state index is 13.4. The lowest BCUT2D eigenvalue weighted by molar-refractivity contribution is -0.149. The fourth-order valence-corrected chi connectivity index (χ4v) is 4.94. The molecule has 0 bridgehead atoms. The fourth-order valence-electron chi connectivity index (χ4n) is 4.94. The van der Waals surface area contributed by atoms with Gasteiger partial charge in [0.05, 0.1) is 38.9 Å². The van der Waals surface area contributed by atoms with Gasteiger partial charge in [0.2, 0.25) is 5.89 Å². The topological polar surface area (TPSA) is 94.3 Å². The Balaban J connectivity index is 1.54. The number of carbonyl (C=O) groups is 2. The zero-order chi connectivity index (χ0) is 30.3. The molecule has 4 rings (SSSR count). The number of piperidine rings is 1. The second kappa shape index (κ2) is 13.7. The molecule has 0 N–H and O–H groups in total. The average molecular weight is 590 g/mol. The van der Waals surface area contributed by atoms with Crippen LogP contribution in [-0.2, 0) is 35.3 Å². The molecule has 2 aromatic carbocycles. The van der Waals surface area contributed by atoms with Gasteiger partial charge in [0, 0.05) is 37.8 Å². The molecule has 0 saturated carbocycles. The quantitative estimate of drug-likeness (QED) is 0.277. The first kappa shape index (κ1) is 30.9. The van der Waals surface area contributed by atoms with Crippen LogP contribution in [0.2, 0.25) is 0 Å². The molecule has 1 aromatic heterocycles. The number of alkyl halides is 3. The van der Waals surface area contributed by atoms with Gasteiger partial charge >= 0.3 is 12.1 Å². The normalized spacial score (nSPS) is 15.5. The SMILES string of the molecule is CCOC(=O)[C@@H]1CCCN(C(=O)c2coc(CN(Cc3cccc(C(F)(F)F)c3)Cc3ccc(OC)cc3OC)n2)C1. The number of esters is 1. The summed E-state index contributed by atoms with van der Waals surface area (Å²) < 4.78 is 61.7. The third-order valence-corrected chi connectivity index (χ3v) is 7.01. The summed E-state index contributed by atoms with van der Waals surface area (Å²) in [6.45, 7) is 3.25. The minimum Gasteiger partial charge on any atom is -0.497 e. The van der Waals surface area contributed by atoms with Crippen LogP contribution in [0.3, 0.4) is 0 Å². The number of nitrogens with zero attached hydrogens (tertiary/aromatic N) is 3. The Hall–Kier alpha value is -4.06. The molecule has 2 heterocycles. The monoisotopic (exact) mass is 589 g/mol. The maximum absolute atomic E-state index is 13.4. The predicted octanol–water partition coefficient (Wildman–Crippen LogP) is 5.33. The Morgan fingerprint density at radius 1 is 1.10 bits per heavy atom. The van der Waals surface area contributed by atoms with Crippen LogP contribution >= 0.6 is 0 Å². The molecule has 1 aliphatic heterocycles. The number of oxazole rings is 1. The highest BCUT2D eigenvalue weighted by atomic mass is 19.4. The van der Waals surface area contributed by atoms with E-state index < -0.39 is 17.7 Å². The van der Waals surface area contributed by atoms with Crippen LogP contribution in [0.25, 0.3) is 0 Å². The highest BCUT2D eigenvalue weighted by molar-refractivity contribution is 5.92. The summed E-state index contributed by atoms with van der Waals surface area (Å²) in [5.74, 6) is 0.287. The van der Waals surface area contributed by atoms with Crippen LogP contribution in [0.5, 0.6) is 11.5 Å². The molecule has 42 heavy (non-hydrogen) atoms. The number of hydrogen-bond acceptors (Lipinski definition) is 8. The smallest absolute Gasteiger partial charge is 0.416 e. The van der Waals surface area contributed by atoms with Crippen LogP contribution in [0.4, 0.5) is 13.2 Å². The molecule has 1 aliphatic rings. The van der Waals surface area contributed by atoms with Crippen molar-refractivity contribution in [3.8, 4) is 11.5 Å². The number of benzene rings is 2. The summed E-state index contributed by atoms with van der Waals surface area (Å²) in [6, 6.07) is 10.4. The molecule has 1 amide bonds. The van der Waals surface area contributed by atoms with E-state index in [0.29, 0.717) is 36.4 Å². The molecule has 0 radical (unpaired) electrons. The zero-order valence-electron chi connectivity index (χ0n) is 23.8. The van der Waals surface area contributed by atoms with Gasteiger partial charge in [0.15, 0.2) is 5.69 Å². The Labute approximate surface area is 242 Å². The molecule has 3 aromatic rings. The van der Waals surface area contributed by atoms with Crippen LogP contribution in [0, 0.1) is 5.92 Å². The van der Waals surface area contributed by atoms with Crippen molar-refractivity contribution in [1.82, 2.24) is 14.8 Å². The summed E-state index contributed by atoms with van der Waals surface area (Å²) in [4.78, 5) is 33.2. The molecule has 0 unspecified atom stereocenters. The highest BCUT2D eigenvalue weighted by Gasteiger charge is 2.32.